The lowest BCUT2D eigenvalue weighted by Crippen LogP contribution is -2.50. The molecule has 1 unspecified atom stereocenters. The first-order valence-electron chi connectivity index (χ1n) is 7.77. The van der Waals surface area contributed by atoms with Crippen LogP contribution in [0.2, 0.25) is 5.02 Å². The molecule has 2 aromatic carbocycles. The van der Waals surface area contributed by atoms with Gasteiger partial charge < -0.3 is 15.0 Å². The maximum atomic E-state index is 13.2. The van der Waals surface area contributed by atoms with Crippen LogP contribution >= 0.6 is 11.6 Å². The van der Waals surface area contributed by atoms with Crippen molar-refractivity contribution < 1.29 is 13.9 Å². The first-order chi connectivity index (χ1) is 11.6. The summed E-state index contributed by atoms with van der Waals surface area (Å²) in [5, 5.41) is 3.93. The van der Waals surface area contributed by atoms with Crippen LogP contribution in [0.15, 0.2) is 48.5 Å². The van der Waals surface area contributed by atoms with Gasteiger partial charge in [-0.25, -0.2) is 4.39 Å². The number of halogens is 2. The fourth-order valence-electron chi connectivity index (χ4n) is 2.80. The third-order valence-electron chi connectivity index (χ3n) is 3.96. The van der Waals surface area contributed by atoms with Crippen LogP contribution in [0.25, 0.3) is 0 Å². The van der Waals surface area contributed by atoms with E-state index >= 15 is 0 Å². The SMILES string of the molecule is O=C(COc1cccc(F)c1)N1CCNCC1c1cccc(Cl)c1. The summed E-state index contributed by atoms with van der Waals surface area (Å²) >= 11 is 6.06. The minimum Gasteiger partial charge on any atom is -0.484 e. The normalized spacial score (nSPS) is 17.6. The smallest absolute Gasteiger partial charge is 0.261 e. The van der Waals surface area contributed by atoms with Crippen LogP contribution in [0.4, 0.5) is 4.39 Å². The van der Waals surface area contributed by atoms with Crippen LogP contribution in [0.3, 0.4) is 0 Å². The lowest BCUT2D eigenvalue weighted by Gasteiger charge is -2.36. The monoisotopic (exact) mass is 348 g/mol. The van der Waals surface area contributed by atoms with Gasteiger partial charge >= 0.3 is 0 Å². The van der Waals surface area contributed by atoms with Crippen molar-refractivity contribution in [3.63, 3.8) is 0 Å². The molecular formula is C18H18ClFN2O2. The number of piperazine rings is 1. The molecule has 1 N–H and O–H groups in total. The van der Waals surface area contributed by atoms with Gasteiger partial charge in [0.25, 0.3) is 5.91 Å². The molecule has 1 aliphatic rings. The number of nitrogens with one attached hydrogen (secondary N) is 1. The number of hydrogen-bond acceptors (Lipinski definition) is 3. The highest BCUT2D eigenvalue weighted by Gasteiger charge is 2.28. The number of hydrogen-bond donors (Lipinski definition) is 1. The molecule has 0 bridgehead atoms. The number of nitrogens with zero attached hydrogens (tertiary/aromatic N) is 1. The summed E-state index contributed by atoms with van der Waals surface area (Å²) in [7, 11) is 0. The third-order valence-corrected chi connectivity index (χ3v) is 4.19. The molecule has 1 atom stereocenters. The Labute approximate surface area is 145 Å². The fourth-order valence-corrected chi connectivity index (χ4v) is 3.00. The molecule has 1 heterocycles. The van der Waals surface area contributed by atoms with E-state index in [0.717, 1.165) is 12.1 Å². The van der Waals surface area contributed by atoms with Gasteiger partial charge in [0.05, 0.1) is 6.04 Å². The van der Waals surface area contributed by atoms with Crippen molar-refractivity contribution in [3.05, 3.63) is 64.9 Å². The molecule has 1 amide bonds. The van der Waals surface area contributed by atoms with Crippen molar-refractivity contribution in [2.45, 2.75) is 6.04 Å². The van der Waals surface area contributed by atoms with Crippen LogP contribution in [0.5, 0.6) is 5.75 Å². The Morgan fingerprint density at radius 1 is 1.29 bits per heavy atom. The van der Waals surface area contributed by atoms with Crippen LogP contribution in [-0.2, 0) is 4.79 Å². The predicted octanol–water partition coefficient (Wildman–Crippen LogP) is 3.03. The summed E-state index contributed by atoms with van der Waals surface area (Å²) in [6, 6.07) is 13.2. The van der Waals surface area contributed by atoms with Crippen molar-refractivity contribution in [1.82, 2.24) is 10.2 Å². The highest BCUT2D eigenvalue weighted by molar-refractivity contribution is 6.30. The summed E-state index contributed by atoms with van der Waals surface area (Å²) in [5.74, 6) is -0.178. The molecule has 0 radical (unpaired) electrons. The molecule has 2 aromatic rings. The van der Waals surface area contributed by atoms with Gasteiger partial charge in [-0.2, -0.15) is 0 Å². The minimum atomic E-state index is -0.390. The summed E-state index contributed by atoms with van der Waals surface area (Å²) in [6.07, 6.45) is 0. The molecular weight excluding hydrogens is 331 g/mol. The molecule has 0 aromatic heterocycles. The molecule has 1 fully saturated rings. The zero-order valence-corrected chi connectivity index (χ0v) is 13.8. The molecule has 1 saturated heterocycles. The largest absolute Gasteiger partial charge is 0.484 e. The van der Waals surface area contributed by atoms with Gasteiger partial charge in [-0.1, -0.05) is 29.8 Å². The molecule has 6 heteroatoms. The standard InChI is InChI=1S/C18H18ClFN2O2/c19-14-4-1-3-13(9-14)17-11-21-7-8-22(17)18(23)12-24-16-6-2-5-15(20)10-16/h1-6,9-10,17,21H,7-8,11-12H2. The van der Waals surface area contributed by atoms with Crippen molar-refractivity contribution in [1.29, 1.82) is 0 Å². The molecule has 1 aliphatic heterocycles. The van der Waals surface area contributed by atoms with E-state index in [9.17, 15) is 9.18 Å². The Balaban J connectivity index is 1.69. The molecule has 0 spiro atoms. The summed E-state index contributed by atoms with van der Waals surface area (Å²) < 4.78 is 18.6. The van der Waals surface area contributed by atoms with Gasteiger partial charge in [-0.15, -0.1) is 0 Å². The van der Waals surface area contributed by atoms with E-state index in [4.69, 9.17) is 16.3 Å². The van der Waals surface area contributed by atoms with Gasteiger partial charge in [-0.3, -0.25) is 4.79 Å². The Kier molecular flexibility index (Phi) is 5.33. The van der Waals surface area contributed by atoms with Gasteiger partial charge in [0.1, 0.15) is 11.6 Å². The van der Waals surface area contributed by atoms with Crippen LogP contribution in [0, 0.1) is 5.82 Å². The average molecular weight is 349 g/mol. The zero-order valence-electron chi connectivity index (χ0n) is 13.0. The summed E-state index contributed by atoms with van der Waals surface area (Å²) in [5.41, 5.74) is 0.980. The van der Waals surface area contributed by atoms with Gasteiger partial charge in [0.2, 0.25) is 0 Å². The number of benzene rings is 2. The number of rotatable bonds is 4. The number of amides is 1. The van der Waals surface area contributed by atoms with E-state index in [1.807, 2.05) is 18.2 Å². The summed E-state index contributed by atoms with van der Waals surface area (Å²) in [6.45, 7) is 1.85. The Morgan fingerprint density at radius 3 is 2.92 bits per heavy atom. The highest BCUT2D eigenvalue weighted by atomic mass is 35.5. The Hall–Kier alpha value is -2.11. The topological polar surface area (TPSA) is 41.6 Å². The Morgan fingerprint density at radius 2 is 2.12 bits per heavy atom. The van der Waals surface area contributed by atoms with Crippen molar-refractivity contribution in [3.8, 4) is 5.75 Å². The maximum absolute atomic E-state index is 13.2. The minimum absolute atomic E-state index is 0.0962. The fraction of sp³-hybridized carbons (Fsp3) is 0.278. The zero-order chi connectivity index (χ0) is 16.9. The molecule has 3 rings (SSSR count). The molecule has 126 valence electrons. The molecule has 0 aliphatic carbocycles. The highest BCUT2D eigenvalue weighted by Crippen LogP contribution is 2.25. The predicted molar refractivity (Wildman–Crippen MR) is 90.7 cm³/mol. The van der Waals surface area contributed by atoms with E-state index in [-0.39, 0.29) is 24.4 Å². The van der Waals surface area contributed by atoms with Gasteiger partial charge in [-0.05, 0) is 29.8 Å². The lowest BCUT2D eigenvalue weighted by molar-refractivity contribution is -0.136. The number of carbonyl (C=O) groups excluding carboxylic acids is 1. The van der Waals surface area contributed by atoms with Gasteiger partial charge in [0.15, 0.2) is 6.61 Å². The van der Waals surface area contributed by atoms with Crippen molar-refractivity contribution in [2.24, 2.45) is 0 Å². The summed E-state index contributed by atoms with van der Waals surface area (Å²) in [4.78, 5) is 14.4. The second kappa shape index (κ2) is 7.64. The van der Waals surface area contributed by atoms with Crippen LogP contribution in [-0.4, -0.2) is 37.0 Å². The van der Waals surface area contributed by atoms with Crippen molar-refractivity contribution >= 4 is 17.5 Å². The second-order valence-corrected chi connectivity index (χ2v) is 6.04. The average Bonchev–Trinajstić information content (AvgIpc) is 2.60. The quantitative estimate of drug-likeness (QED) is 0.923. The first kappa shape index (κ1) is 16.7. The van der Waals surface area contributed by atoms with E-state index in [1.54, 1.807) is 23.1 Å². The molecule has 0 saturated carbocycles. The molecule has 24 heavy (non-hydrogen) atoms. The van der Waals surface area contributed by atoms with Gasteiger partial charge in [0, 0.05) is 30.7 Å². The van der Waals surface area contributed by atoms with E-state index in [0.29, 0.717) is 23.9 Å². The van der Waals surface area contributed by atoms with Crippen LogP contribution in [0.1, 0.15) is 11.6 Å². The second-order valence-electron chi connectivity index (χ2n) is 5.61. The Bertz CT molecular complexity index is 726. The number of carbonyl (C=O) groups is 1. The first-order valence-corrected chi connectivity index (χ1v) is 8.15. The van der Waals surface area contributed by atoms with E-state index in [1.165, 1.54) is 12.1 Å². The van der Waals surface area contributed by atoms with Crippen LogP contribution < -0.4 is 10.1 Å². The van der Waals surface area contributed by atoms with E-state index in [2.05, 4.69) is 5.32 Å². The number of ether oxygens (including phenoxy) is 1. The third kappa shape index (κ3) is 4.04. The molecule has 4 nitrogen and oxygen atoms in total. The maximum Gasteiger partial charge on any atom is 0.261 e. The lowest BCUT2D eigenvalue weighted by atomic mass is 10.0. The van der Waals surface area contributed by atoms with E-state index < -0.39 is 0 Å². The van der Waals surface area contributed by atoms with Crippen molar-refractivity contribution in [2.75, 3.05) is 26.2 Å².